The van der Waals surface area contributed by atoms with Crippen LogP contribution in [0.25, 0.3) is 5.76 Å². The molecule has 1 N–H and O–H groups in total. The Morgan fingerprint density at radius 2 is 1.43 bits per heavy atom. The van der Waals surface area contributed by atoms with Crippen LogP contribution in [0.5, 0.6) is 11.5 Å². The monoisotopic (exact) mass is 471 g/mol. The highest BCUT2D eigenvalue weighted by Gasteiger charge is 2.46. The predicted octanol–water partition coefficient (Wildman–Crippen LogP) is 5.89. The van der Waals surface area contributed by atoms with Crippen LogP contribution in [0.1, 0.15) is 44.9 Å². The molecule has 180 valence electrons. The summed E-state index contributed by atoms with van der Waals surface area (Å²) >= 11 is 0. The molecule has 1 aliphatic heterocycles. The Bertz CT molecular complexity index is 1250. The smallest absolute Gasteiger partial charge is 0.300 e. The number of hydrogen-bond donors (Lipinski definition) is 1. The lowest BCUT2D eigenvalue weighted by atomic mass is 9.95. The maximum Gasteiger partial charge on any atom is 0.300 e. The van der Waals surface area contributed by atoms with Crippen LogP contribution < -0.4 is 14.4 Å². The molecule has 1 saturated heterocycles. The zero-order chi connectivity index (χ0) is 25.1. The average molecular weight is 472 g/mol. The van der Waals surface area contributed by atoms with Crippen LogP contribution in [-0.4, -0.2) is 29.0 Å². The topological polar surface area (TPSA) is 76.1 Å². The number of amides is 1. The van der Waals surface area contributed by atoms with Crippen LogP contribution in [0, 0.1) is 0 Å². The Morgan fingerprint density at radius 3 is 2.06 bits per heavy atom. The van der Waals surface area contributed by atoms with E-state index in [1.807, 2.05) is 58.0 Å². The Kier molecular flexibility index (Phi) is 6.92. The number of aliphatic hydroxyl groups is 1. The van der Waals surface area contributed by atoms with Crippen molar-refractivity contribution in [1.29, 1.82) is 0 Å². The van der Waals surface area contributed by atoms with Crippen molar-refractivity contribution in [2.45, 2.75) is 45.9 Å². The molecule has 1 unspecified atom stereocenters. The zero-order valence-corrected chi connectivity index (χ0v) is 20.3. The second kappa shape index (κ2) is 10.1. The van der Waals surface area contributed by atoms with E-state index in [4.69, 9.17) is 9.47 Å². The molecule has 6 nitrogen and oxygen atoms in total. The summed E-state index contributed by atoms with van der Waals surface area (Å²) in [7, 11) is 0. The number of rotatable bonds is 7. The normalized spacial score (nSPS) is 17.3. The third kappa shape index (κ3) is 5.06. The van der Waals surface area contributed by atoms with E-state index in [0.29, 0.717) is 28.3 Å². The fourth-order valence-corrected chi connectivity index (χ4v) is 4.15. The zero-order valence-electron chi connectivity index (χ0n) is 20.3. The highest BCUT2D eigenvalue weighted by Crippen LogP contribution is 2.42. The summed E-state index contributed by atoms with van der Waals surface area (Å²) in [6.45, 7) is 7.68. The summed E-state index contributed by atoms with van der Waals surface area (Å²) in [5.74, 6) is -0.455. The van der Waals surface area contributed by atoms with Gasteiger partial charge < -0.3 is 14.6 Å². The fraction of sp³-hybridized carbons (Fsp3) is 0.241. The second-order valence-corrected chi connectivity index (χ2v) is 8.93. The minimum absolute atomic E-state index is 0.00911. The minimum Gasteiger partial charge on any atom is -0.507 e. The van der Waals surface area contributed by atoms with Gasteiger partial charge in [-0.25, -0.2) is 0 Å². The van der Waals surface area contributed by atoms with Gasteiger partial charge in [-0.2, -0.15) is 0 Å². The molecule has 6 heteroatoms. The number of anilines is 1. The van der Waals surface area contributed by atoms with Gasteiger partial charge >= 0.3 is 0 Å². The van der Waals surface area contributed by atoms with Gasteiger partial charge in [0, 0.05) is 11.3 Å². The largest absolute Gasteiger partial charge is 0.507 e. The molecule has 1 atom stereocenters. The predicted molar refractivity (Wildman–Crippen MR) is 136 cm³/mol. The molecule has 0 aliphatic carbocycles. The van der Waals surface area contributed by atoms with Crippen LogP contribution in [0.2, 0.25) is 0 Å². The maximum absolute atomic E-state index is 13.3. The third-order valence-corrected chi connectivity index (χ3v) is 5.53. The third-order valence-electron chi connectivity index (χ3n) is 5.53. The number of aliphatic hydroxyl groups excluding tert-OH is 1. The van der Waals surface area contributed by atoms with Crippen molar-refractivity contribution in [3.63, 3.8) is 0 Å². The summed E-state index contributed by atoms with van der Waals surface area (Å²) in [4.78, 5) is 28.0. The SMILES string of the molecule is CC(C)Oc1ccc(N2C(=O)C(=O)/C(=C(\O)c3cccc(OC(C)C)c3)C2c2ccccc2)cc1. The van der Waals surface area contributed by atoms with Crippen LogP contribution in [0.15, 0.2) is 84.4 Å². The highest BCUT2D eigenvalue weighted by molar-refractivity contribution is 6.51. The molecule has 1 amide bonds. The lowest BCUT2D eigenvalue weighted by Crippen LogP contribution is -2.29. The highest BCUT2D eigenvalue weighted by atomic mass is 16.5. The number of carbonyl (C=O) groups excluding carboxylic acids is 2. The lowest BCUT2D eigenvalue weighted by Gasteiger charge is -2.25. The summed E-state index contributed by atoms with van der Waals surface area (Å²) in [5, 5.41) is 11.3. The van der Waals surface area contributed by atoms with Gasteiger partial charge in [-0.1, -0.05) is 42.5 Å². The number of ketones is 1. The van der Waals surface area contributed by atoms with Gasteiger partial charge in [0.05, 0.1) is 23.8 Å². The first-order valence-corrected chi connectivity index (χ1v) is 11.7. The fourth-order valence-electron chi connectivity index (χ4n) is 4.15. The van der Waals surface area contributed by atoms with Crippen LogP contribution in [0.3, 0.4) is 0 Å². The summed E-state index contributed by atoms with van der Waals surface area (Å²) in [5.41, 5.74) is 1.69. The molecule has 0 saturated carbocycles. The van der Waals surface area contributed by atoms with E-state index in [2.05, 4.69) is 0 Å². The quantitative estimate of drug-likeness (QED) is 0.264. The molecule has 3 aromatic carbocycles. The second-order valence-electron chi connectivity index (χ2n) is 8.93. The van der Waals surface area contributed by atoms with Crippen LogP contribution >= 0.6 is 0 Å². The first kappa shape index (κ1) is 24.1. The molecule has 3 aromatic rings. The molecule has 0 radical (unpaired) electrons. The van der Waals surface area contributed by atoms with Gasteiger partial charge in [0.15, 0.2) is 0 Å². The van der Waals surface area contributed by atoms with Crippen LogP contribution in [-0.2, 0) is 9.59 Å². The molecule has 1 heterocycles. The number of benzene rings is 3. The summed E-state index contributed by atoms with van der Waals surface area (Å²) in [6.07, 6.45) is -0.0419. The van der Waals surface area contributed by atoms with E-state index >= 15 is 0 Å². The Balaban J connectivity index is 1.83. The van der Waals surface area contributed by atoms with Gasteiger partial charge in [-0.3, -0.25) is 14.5 Å². The molecule has 35 heavy (non-hydrogen) atoms. The molecule has 1 fully saturated rings. The van der Waals surface area contributed by atoms with Crippen molar-refractivity contribution in [1.82, 2.24) is 0 Å². The van der Waals surface area contributed by atoms with Crippen molar-refractivity contribution >= 4 is 23.1 Å². The van der Waals surface area contributed by atoms with Crippen molar-refractivity contribution in [2.24, 2.45) is 0 Å². The van der Waals surface area contributed by atoms with Gasteiger partial charge in [-0.15, -0.1) is 0 Å². The van der Waals surface area contributed by atoms with E-state index in [9.17, 15) is 14.7 Å². The Labute approximate surface area is 205 Å². The number of hydrogen-bond acceptors (Lipinski definition) is 5. The van der Waals surface area contributed by atoms with E-state index in [1.165, 1.54) is 4.90 Å². The number of ether oxygens (including phenoxy) is 2. The number of nitrogens with zero attached hydrogens (tertiary/aromatic N) is 1. The van der Waals surface area contributed by atoms with Crippen LogP contribution in [0.4, 0.5) is 5.69 Å². The Hall–Kier alpha value is -4.06. The van der Waals surface area contributed by atoms with E-state index in [0.717, 1.165) is 0 Å². The summed E-state index contributed by atoms with van der Waals surface area (Å²) < 4.78 is 11.5. The average Bonchev–Trinajstić information content (AvgIpc) is 3.09. The number of Topliss-reactive ketones (excluding diaryl/α,β-unsaturated/α-hetero) is 1. The van der Waals surface area contributed by atoms with Gasteiger partial charge in [-0.05, 0) is 69.7 Å². The van der Waals surface area contributed by atoms with Crippen molar-refractivity contribution in [3.05, 3.63) is 95.6 Å². The van der Waals surface area contributed by atoms with E-state index in [1.54, 1.807) is 48.5 Å². The van der Waals surface area contributed by atoms with Gasteiger partial charge in [0.1, 0.15) is 17.3 Å². The molecule has 1 aliphatic rings. The lowest BCUT2D eigenvalue weighted by molar-refractivity contribution is -0.132. The van der Waals surface area contributed by atoms with E-state index < -0.39 is 17.7 Å². The molecular formula is C29H29NO5. The molecular weight excluding hydrogens is 442 g/mol. The first-order valence-electron chi connectivity index (χ1n) is 11.7. The molecule has 0 aromatic heterocycles. The van der Waals surface area contributed by atoms with Crippen molar-refractivity contribution in [3.8, 4) is 11.5 Å². The molecule has 0 spiro atoms. The number of carbonyl (C=O) groups is 2. The molecule has 0 bridgehead atoms. The first-order chi connectivity index (χ1) is 16.8. The van der Waals surface area contributed by atoms with Gasteiger partial charge in [0.2, 0.25) is 0 Å². The minimum atomic E-state index is -0.789. The van der Waals surface area contributed by atoms with Crippen molar-refractivity contribution in [2.75, 3.05) is 4.90 Å². The van der Waals surface area contributed by atoms with Crippen molar-refractivity contribution < 1.29 is 24.2 Å². The molecule has 4 rings (SSSR count). The maximum atomic E-state index is 13.3. The van der Waals surface area contributed by atoms with Gasteiger partial charge in [0.25, 0.3) is 11.7 Å². The summed E-state index contributed by atoms with van der Waals surface area (Å²) in [6, 6.07) is 22.3. The Morgan fingerprint density at radius 1 is 0.800 bits per heavy atom. The standard InChI is InChI=1S/C29H29NO5/c1-18(2)34-23-15-13-22(14-16-23)30-26(20-9-6-5-7-10-20)25(28(32)29(30)33)27(31)21-11-8-12-24(17-21)35-19(3)4/h5-19,26,31H,1-4H3/b27-25-. The van der Waals surface area contributed by atoms with E-state index in [-0.39, 0.29) is 23.5 Å².